The second-order valence-electron chi connectivity index (χ2n) is 4.17. The molecule has 1 aromatic heterocycles. The molecule has 2 aromatic rings. The third-order valence-electron chi connectivity index (χ3n) is 2.50. The second-order valence-corrected chi connectivity index (χ2v) is 4.17. The van der Waals surface area contributed by atoms with Crippen LogP contribution in [0.15, 0.2) is 30.5 Å². The highest BCUT2D eigenvalue weighted by molar-refractivity contribution is 5.43. The van der Waals surface area contributed by atoms with E-state index in [0.29, 0.717) is 11.3 Å². The van der Waals surface area contributed by atoms with Gasteiger partial charge in [-0.05, 0) is 31.5 Å². The van der Waals surface area contributed by atoms with Crippen LogP contribution in [0.3, 0.4) is 0 Å². The maximum absolute atomic E-state index is 10.8. The minimum absolute atomic E-state index is 0.0538. The Morgan fingerprint density at radius 2 is 2.00 bits per heavy atom. The number of aromatic nitrogens is 1. The molecule has 19 heavy (non-hydrogen) atoms. The van der Waals surface area contributed by atoms with Crippen LogP contribution in [0.4, 0.5) is 5.69 Å². The molecule has 1 heterocycles. The van der Waals surface area contributed by atoms with Gasteiger partial charge in [-0.2, -0.15) is 0 Å². The van der Waals surface area contributed by atoms with Crippen molar-refractivity contribution < 1.29 is 14.8 Å². The van der Waals surface area contributed by atoms with Gasteiger partial charge in [-0.3, -0.25) is 10.1 Å². The highest BCUT2D eigenvalue weighted by Gasteiger charge is 2.13. The first-order valence-corrected chi connectivity index (χ1v) is 5.55. The summed E-state index contributed by atoms with van der Waals surface area (Å²) in [5.41, 5.74) is 1.22. The van der Waals surface area contributed by atoms with Crippen LogP contribution in [0, 0.1) is 24.0 Å². The normalized spacial score (nSPS) is 10.2. The minimum atomic E-state index is -0.489. The summed E-state index contributed by atoms with van der Waals surface area (Å²) in [5, 5.41) is 20.3. The molecular formula is C13H12N2O4. The van der Waals surface area contributed by atoms with Gasteiger partial charge < -0.3 is 9.84 Å². The smallest absolute Gasteiger partial charge is 0.279 e. The molecule has 6 nitrogen and oxygen atoms in total. The van der Waals surface area contributed by atoms with Crippen LogP contribution in [0.5, 0.6) is 17.4 Å². The minimum Gasteiger partial charge on any atom is -0.508 e. The van der Waals surface area contributed by atoms with E-state index in [9.17, 15) is 15.2 Å². The van der Waals surface area contributed by atoms with Gasteiger partial charge in [0.2, 0.25) is 5.88 Å². The highest BCUT2D eigenvalue weighted by atomic mass is 16.6. The number of hydrogen-bond acceptors (Lipinski definition) is 5. The van der Waals surface area contributed by atoms with Crippen molar-refractivity contribution in [1.82, 2.24) is 4.98 Å². The lowest BCUT2D eigenvalue weighted by Gasteiger charge is -2.06. The lowest BCUT2D eigenvalue weighted by atomic mass is 10.2. The van der Waals surface area contributed by atoms with Gasteiger partial charge in [0.05, 0.1) is 11.0 Å². The standard InChI is InChI=1S/C13H12N2O4/c1-8-3-10(16)5-11(4-8)19-13-6-12(15(17)18)9(2)7-14-13/h3-7,16H,1-2H3. The number of nitro groups is 1. The average Bonchev–Trinajstić information content (AvgIpc) is 2.30. The number of phenolic OH excluding ortho intramolecular Hbond substituents is 1. The molecule has 1 N–H and O–H groups in total. The first-order valence-electron chi connectivity index (χ1n) is 5.55. The van der Waals surface area contributed by atoms with Crippen LogP contribution >= 0.6 is 0 Å². The number of ether oxygens (including phenoxy) is 1. The highest BCUT2D eigenvalue weighted by Crippen LogP contribution is 2.28. The van der Waals surface area contributed by atoms with Gasteiger partial charge in [-0.15, -0.1) is 0 Å². The van der Waals surface area contributed by atoms with E-state index in [4.69, 9.17) is 4.74 Å². The lowest BCUT2D eigenvalue weighted by Crippen LogP contribution is -1.95. The number of benzene rings is 1. The van der Waals surface area contributed by atoms with E-state index in [1.807, 2.05) is 0 Å². The molecule has 0 fully saturated rings. The summed E-state index contributed by atoms with van der Waals surface area (Å²) in [5.74, 6) is 0.557. The Bertz CT molecular complexity index is 620. The molecule has 6 heteroatoms. The fourth-order valence-corrected chi connectivity index (χ4v) is 1.66. The quantitative estimate of drug-likeness (QED) is 0.677. The van der Waals surface area contributed by atoms with Crippen LogP contribution in [0.25, 0.3) is 0 Å². The van der Waals surface area contributed by atoms with Gasteiger partial charge in [0.25, 0.3) is 5.69 Å². The van der Waals surface area contributed by atoms with Crippen LogP contribution in [0.1, 0.15) is 11.1 Å². The Hall–Kier alpha value is -2.63. The van der Waals surface area contributed by atoms with Gasteiger partial charge in [0, 0.05) is 17.8 Å². The number of nitrogens with zero attached hydrogens (tertiary/aromatic N) is 2. The van der Waals surface area contributed by atoms with Crippen molar-refractivity contribution in [3.63, 3.8) is 0 Å². The van der Waals surface area contributed by atoms with Crippen molar-refractivity contribution in [2.24, 2.45) is 0 Å². The van der Waals surface area contributed by atoms with Crippen molar-refractivity contribution in [3.05, 3.63) is 51.7 Å². The summed E-state index contributed by atoms with van der Waals surface area (Å²) in [6, 6.07) is 5.96. The van der Waals surface area contributed by atoms with E-state index >= 15 is 0 Å². The predicted molar refractivity (Wildman–Crippen MR) is 68.5 cm³/mol. The molecule has 1 aromatic carbocycles. The van der Waals surface area contributed by atoms with E-state index in [2.05, 4.69) is 4.98 Å². The molecule has 0 bridgehead atoms. The molecule has 0 saturated carbocycles. The molecule has 0 spiro atoms. The van der Waals surface area contributed by atoms with Crippen molar-refractivity contribution in [2.45, 2.75) is 13.8 Å². The Balaban J connectivity index is 2.33. The number of aryl methyl sites for hydroxylation is 2. The van der Waals surface area contributed by atoms with Gasteiger partial charge in [-0.1, -0.05) is 0 Å². The van der Waals surface area contributed by atoms with Gasteiger partial charge in [-0.25, -0.2) is 4.98 Å². The summed E-state index contributed by atoms with van der Waals surface area (Å²) in [6.45, 7) is 3.41. The van der Waals surface area contributed by atoms with Crippen molar-refractivity contribution in [3.8, 4) is 17.4 Å². The summed E-state index contributed by atoms with van der Waals surface area (Å²) in [6.07, 6.45) is 1.38. The van der Waals surface area contributed by atoms with Crippen LogP contribution in [-0.2, 0) is 0 Å². The second kappa shape index (κ2) is 4.93. The van der Waals surface area contributed by atoms with Gasteiger partial charge in [0.1, 0.15) is 11.5 Å². The monoisotopic (exact) mass is 260 g/mol. The largest absolute Gasteiger partial charge is 0.508 e. The molecule has 2 rings (SSSR count). The van der Waals surface area contributed by atoms with Crippen molar-refractivity contribution in [1.29, 1.82) is 0 Å². The Morgan fingerprint density at radius 1 is 1.26 bits per heavy atom. The van der Waals surface area contributed by atoms with Crippen LogP contribution in [0.2, 0.25) is 0 Å². The zero-order valence-corrected chi connectivity index (χ0v) is 10.5. The van der Waals surface area contributed by atoms with E-state index < -0.39 is 4.92 Å². The third-order valence-corrected chi connectivity index (χ3v) is 2.50. The summed E-state index contributed by atoms with van der Waals surface area (Å²) in [7, 11) is 0. The van der Waals surface area contributed by atoms with Crippen molar-refractivity contribution in [2.75, 3.05) is 0 Å². The fraction of sp³-hybridized carbons (Fsp3) is 0.154. The predicted octanol–water partition coefficient (Wildman–Crippen LogP) is 3.10. The van der Waals surface area contributed by atoms with E-state index in [0.717, 1.165) is 5.56 Å². The Labute approximate surface area is 109 Å². The fourth-order valence-electron chi connectivity index (χ4n) is 1.66. The van der Waals surface area contributed by atoms with Gasteiger partial charge >= 0.3 is 0 Å². The number of rotatable bonds is 3. The Morgan fingerprint density at radius 3 is 2.63 bits per heavy atom. The van der Waals surface area contributed by atoms with E-state index in [1.54, 1.807) is 26.0 Å². The topological polar surface area (TPSA) is 85.5 Å². The molecular weight excluding hydrogens is 248 g/mol. The summed E-state index contributed by atoms with van der Waals surface area (Å²) in [4.78, 5) is 14.3. The van der Waals surface area contributed by atoms with Crippen LogP contribution in [-0.4, -0.2) is 15.0 Å². The Kier molecular flexibility index (Phi) is 3.33. The molecule has 0 aliphatic heterocycles. The molecule has 0 radical (unpaired) electrons. The zero-order valence-electron chi connectivity index (χ0n) is 10.5. The first kappa shape index (κ1) is 12.8. The average molecular weight is 260 g/mol. The van der Waals surface area contributed by atoms with E-state index in [1.165, 1.54) is 18.3 Å². The first-order chi connectivity index (χ1) is 8.95. The molecule has 0 atom stereocenters. The molecule has 98 valence electrons. The van der Waals surface area contributed by atoms with E-state index in [-0.39, 0.29) is 17.3 Å². The van der Waals surface area contributed by atoms with Crippen molar-refractivity contribution >= 4 is 5.69 Å². The lowest BCUT2D eigenvalue weighted by molar-refractivity contribution is -0.385. The van der Waals surface area contributed by atoms with Gasteiger partial charge in [0.15, 0.2) is 0 Å². The number of aromatic hydroxyl groups is 1. The number of hydrogen-bond donors (Lipinski definition) is 1. The summed E-state index contributed by atoms with van der Waals surface area (Å²) >= 11 is 0. The molecule has 0 unspecified atom stereocenters. The SMILES string of the molecule is Cc1cc(O)cc(Oc2cc([N+](=O)[O-])c(C)cn2)c1. The molecule has 0 saturated heterocycles. The third kappa shape index (κ3) is 2.98. The maximum Gasteiger partial charge on any atom is 0.279 e. The van der Waals surface area contributed by atoms with Crippen LogP contribution < -0.4 is 4.74 Å². The molecule has 0 aliphatic rings. The molecule has 0 amide bonds. The zero-order chi connectivity index (χ0) is 14.0. The maximum atomic E-state index is 10.8. The number of pyridine rings is 1. The number of phenols is 1. The molecule has 0 aliphatic carbocycles. The summed E-state index contributed by atoms with van der Waals surface area (Å²) < 4.78 is 5.41.